The monoisotopic (exact) mass is 230 g/mol. The molecule has 2 unspecified atom stereocenters. The summed E-state index contributed by atoms with van der Waals surface area (Å²) in [5.74, 6) is 0.0822. The lowest BCUT2D eigenvalue weighted by atomic mass is 9.97. The van der Waals surface area contributed by atoms with Gasteiger partial charge in [-0.15, -0.1) is 0 Å². The zero-order valence-corrected chi connectivity index (χ0v) is 11.4. The molecule has 0 saturated carbocycles. The molecule has 0 spiro atoms. The van der Waals surface area contributed by atoms with Gasteiger partial charge in [-0.1, -0.05) is 0 Å². The van der Waals surface area contributed by atoms with Crippen LogP contribution in [0, 0.1) is 0 Å². The number of amides is 1. The molecule has 0 aromatic rings. The highest BCUT2D eigenvalue weighted by Crippen LogP contribution is 2.10. The number of hydrogen-bond donors (Lipinski definition) is 2. The Hall–Kier alpha value is -0.610. The molecule has 96 valence electrons. The van der Waals surface area contributed by atoms with E-state index in [1.165, 1.54) is 0 Å². The molecule has 0 aliphatic carbocycles. The highest BCUT2D eigenvalue weighted by atomic mass is 16.3. The first-order valence-electron chi connectivity index (χ1n) is 6.00. The topological polar surface area (TPSA) is 52.6 Å². The van der Waals surface area contributed by atoms with Crippen LogP contribution in [0.1, 0.15) is 41.5 Å². The SMILES string of the molecule is CCN(CC)C(=O)C(C)NC(C)(C)C(C)O. The standard InChI is InChI=1S/C12H26N2O2/c1-7-14(8-2)11(16)9(3)13-12(5,6)10(4)15/h9-10,13,15H,7-8H2,1-6H3. The van der Waals surface area contributed by atoms with E-state index in [1.54, 1.807) is 11.8 Å². The van der Waals surface area contributed by atoms with E-state index < -0.39 is 11.6 Å². The van der Waals surface area contributed by atoms with Crippen LogP contribution in [0.4, 0.5) is 0 Å². The summed E-state index contributed by atoms with van der Waals surface area (Å²) in [6, 6.07) is -0.274. The Bertz CT molecular complexity index is 223. The normalized spacial score (nSPS) is 15.7. The van der Waals surface area contributed by atoms with Crippen molar-refractivity contribution >= 4 is 5.91 Å². The third-order valence-electron chi connectivity index (χ3n) is 3.08. The Balaban J connectivity index is 4.46. The van der Waals surface area contributed by atoms with Gasteiger partial charge in [-0.05, 0) is 41.5 Å². The summed E-state index contributed by atoms with van der Waals surface area (Å²) in [7, 11) is 0. The number of aliphatic hydroxyl groups excluding tert-OH is 1. The zero-order valence-electron chi connectivity index (χ0n) is 11.4. The molecule has 2 N–H and O–H groups in total. The molecule has 4 heteroatoms. The summed E-state index contributed by atoms with van der Waals surface area (Å²) in [5, 5.41) is 12.7. The Morgan fingerprint density at radius 1 is 1.31 bits per heavy atom. The van der Waals surface area contributed by atoms with Crippen LogP contribution in [-0.2, 0) is 4.79 Å². The highest BCUT2D eigenvalue weighted by Gasteiger charge is 2.29. The summed E-state index contributed by atoms with van der Waals surface area (Å²) >= 11 is 0. The first-order chi connectivity index (χ1) is 7.26. The van der Waals surface area contributed by atoms with Crippen LogP contribution in [0.2, 0.25) is 0 Å². The number of nitrogens with one attached hydrogen (secondary N) is 1. The largest absolute Gasteiger partial charge is 0.392 e. The average Bonchev–Trinajstić information content (AvgIpc) is 2.18. The lowest BCUT2D eigenvalue weighted by Crippen LogP contribution is -2.56. The fraction of sp³-hybridized carbons (Fsp3) is 0.917. The summed E-state index contributed by atoms with van der Waals surface area (Å²) in [6.45, 7) is 12.7. The maximum absolute atomic E-state index is 12.0. The van der Waals surface area contributed by atoms with E-state index in [9.17, 15) is 9.90 Å². The fourth-order valence-electron chi connectivity index (χ4n) is 1.55. The Morgan fingerprint density at radius 3 is 2.06 bits per heavy atom. The Kier molecular flexibility index (Phi) is 5.97. The van der Waals surface area contributed by atoms with Crippen molar-refractivity contribution in [3.63, 3.8) is 0 Å². The number of carbonyl (C=O) groups is 1. The molecular weight excluding hydrogens is 204 g/mol. The molecule has 0 fully saturated rings. The Labute approximate surface area is 99.0 Å². The van der Waals surface area contributed by atoms with Crippen molar-refractivity contribution < 1.29 is 9.90 Å². The van der Waals surface area contributed by atoms with Crippen molar-refractivity contribution in [1.82, 2.24) is 10.2 Å². The molecule has 0 aliphatic rings. The van der Waals surface area contributed by atoms with Gasteiger partial charge in [-0.25, -0.2) is 0 Å². The molecule has 4 nitrogen and oxygen atoms in total. The van der Waals surface area contributed by atoms with Gasteiger partial charge >= 0.3 is 0 Å². The predicted molar refractivity (Wildman–Crippen MR) is 66.3 cm³/mol. The first kappa shape index (κ1) is 15.4. The summed E-state index contributed by atoms with van der Waals surface area (Å²) < 4.78 is 0. The van der Waals surface area contributed by atoms with Crippen molar-refractivity contribution in [3.8, 4) is 0 Å². The number of aliphatic hydroxyl groups is 1. The van der Waals surface area contributed by atoms with Crippen molar-refractivity contribution in [1.29, 1.82) is 0 Å². The van der Waals surface area contributed by atoms with Gasteiger partial charge in [-0.3, -0.25) is 10.1 Å². The molecule has 0 bridgehead atoms. The minimum Gasteiger partial charge on any atom is -0.392 e. The summed E-state index contributed by atoms with van der Waals surface area (Å²) in [5.41, 5.74) is -0.456. The van der Waals surface area contributed by atoms with E-state index in [4.69, 9.17) is 0 Å². The van der Waals surface area contributed by atoms with Crippen LogP contribution in [0.25, 0.3) is 0 Å². The number of nitrogens with zero attached hydrogens (tertiary/aromatic N) is 1. The molecular formula is C12H26N2O2. The van der Waals surface area contributed by atoms with E-state index >= 15 is 0 Å². The van der Waals surface area contributed by atoms with Gasteiger partial charge in [0.05, 0.1) is 12.1 Å². The number of carbonyl (C=O) groups excluding carboxylic acids is 1. The molecule has 0 radical (unpaired) electrons. The van der Waals surface area contributed by atoms with E-state index in [2.05, 4.69) is 5.32 Å². The van der Waals surface area contributed by atoms with Crippen molar-refractivity contribution in [2.75, 3.05) is 13.1 Å². The van der Waals surface area contributed by atoms with Crippen molar-refractivity contribution in [2.45, 2.75) is 59.2 Å². The number of likely N-dealkylation sites (N-methyl/N-ethyl adjacent to an activating group) is 1. The molecule has 0 aliphatic heterocycles. The van der Waals surface area contributed by atoms with Crippen LogP contribution in [0.5, 0.6) is 0 Å². The lowest BCUT2D eigenvalue weighted by molar-refractivity contribution is -0.133. The van der Waals surface area contributed by atoms with Gasteiger partial charge < -0.3 is 10.0 Å². The third kappa shape index (κ3) is 4.10. The maximum atomic E-state index is 12.0. The second-order valence-electron chi connectivity index (χ2n) is 4.77. The molecule has 1 amide bonds. The summed E-state index contributed by atoms with van der Waals surface area (Å²) in [6.07, 6.45) is -0.501. The molecule has 0 heterocycles. The van der Waals surface area contributed by atoms with E-state index in [1.807, 2.05) is 34.6 Å². The number of rotatable bonds is 6. The van der Waals surface area contributed by atoms with E-state index in [0.29, 0.717) is 0 Å². The van der Waals surface area contributed by atoms with Gasteiger partial charge in [0, 0.05) is 18.6 Å². The third-order valence-corrected chi connectivity index (χ3v) is 3.08. The minimum absolute atomic E-state index is 0.0822. The first-order valence-corrected chi connectivity index (χ1v) is 6.00. The van der Waals surface area contributed by atoms with Crippen LogP contribution < -0.4 is 5.32 Å². The second-order valence-corrected chi connectivity index (χ2v) is 4.77. The zero-order chi connectivity index (χ0) is 12.9. The van der Waals surface area contributed by atoms with Gasteiger partial charge in [-0.2, -0.15) is 0 Å². The van der Waals surface area contributed by atoms with Gasteiger partial charge in [0.1, 0.15) is 0 Å². The second kappa shape index (κ2) is 6.21. The Morgan fingerprint density at radius 2 is 1.75 bits per heavy atom. The molecule has 0 saturated heterocycles. The quantitative estimate of drug-likeness (QED) is 0.715. The molecule has 16 heavy (non-hydrogen) atoms. The molecule has 0 aromatic heterocycles. The molecule has 0 aromatic carbocycles. The minimum atomic E-state index is -0.501. The van der Waals surface area contributed by atoms with Crippen LogP contribution in [0.3, 0.4) is 0 Å². The maximum Gasteiger partial charge on any atom is 0.239 e. The van der Waals surface area contributed by atoms with E-state index in [0.717, 1.165) is 13.1 Å². The average molecular weight is 230 g/mol. The van der Waals surface area contributed by atoms with Gasteiger partial charge in [0.25, 0.3) is 0 Å². The van der Waals surface area contributed by atoms with Crippen LogP contribution in [-0.4, -0.2) is 46.7 Å². The number of hydrogen-bond acceptors (Lipinski definition) is 3. The van der Waals surface area contributed by atoms with Crippen molar-refractivity contribution in [3.05, 3.63) is 0 Å². The van der Waals surface area contributed by atoms with Crippen molar-refractivity contribution in [2.24, 2.45) is 0 Å². The summed E-state index contributed by atoms with van der Waals surface area (Å²) in [4.78, 5) is 13.8. The van der Waals surface area contributed by atoms with E-state index in [-0.39, 0.29) is 11.9 Å². The van der Waals surface area contributed by atoms with Gasteiger partial charge in [0.15, 0.2) is 0 Å². The van der Waals surface area contributed by atoms with Gasteiger partial charge in [0.2, 0.25) is 5.91 Å². The predicted octanol–water partition coefficient (Wildman–Crippen LogP) is 0.992. The lowest BCUT2D eigenvalue weighted by Gasteiger charge is -2.34. The molecule has 0 rings (SSSR count). The fourth-order valence-corrected chi connectivity index (χ4v) is 1.55. The molecule has 2 atom stereocenters. The van der Waals surface area contributed by atoms with Crippen LogP contribution >= 0.6 is 0 Å². The van der Waals surface area contributed by atoms with Crippen LogP contribution in [0.15, 0.2) is 0 Å². The smallest absolute Gasteiger partial charge is 0.239 e. The highest BCUT2D eigenvalue weighted by molar-refractivity contribution is 5.81.